The lowest BCUT2D eigenvalue weighted by Gasteiger charge is -2.13. The maximum absolute atomic E-state index is 8.83. The summed E-state index contributed by atoms with van der Waals surface area (Å²) in [5, 5.41) is 25.8. The van der Waals surface area contributed by atoms with E-state index in [2.05, 4.69) is 0 Å². The molecule has 2 atom stereocenters. The predicted octanol–water partition coefficient (Wildman–Crippen LogP) is -1.95. The molecule has 0 aromatic heterocycles. The van der Waals surface area contributed by atoms with Gasteiger partial charge in [-0.2, -0.15) is 0 Å². The Morgan fingerprint density at radius 1 is 1.22 bits per heavy atom. The first-order valence-electron chi connectivity index (χ1n) is 2.89. The van der Waals surface area contributed by atoms with Crippen LogP contribution in [0.1, 0.15) is 6.42 Å². The standard InChI is InChI=1S/C5H13NO3/c6-2-1-4(8)5(9)3-7/h4-5,7-9H,1-3,6H2/t4-,5?/m0/s1. The summed E-state index contributed by atoms with van der Waals surface area (Å²) in [5.41, 5.74) is 5.07. The lowest BCUT2D eigenvalue weighted by Crippen LogP contribution is -2.31. The van der Waals surface area contributed by atoms with Crippen molar-refractivity contribution in [1.82, 2.24) is 0 Å². The van der Waals surface area contributed by atoms with Crippen molar-refractivity contribution >= 4 is 0 Å². The molecule has 1 unspecified atom stereocenters. The van der Waals surface area contributed by atoms with E-state index in [-0.39, 0.29) is 0 Å². The molecule has 0 aliphatic carbocycles. The molecule has 0 spiro atoms. The van der Waals surface area contributed by atoms with Crippen molar-refractivity contribution in [2.45, 2.75) is 18.6 Å². The summed E-state index contributed by atoms with van der Waals surface area (Å²) < 4.78 is 0. The van der Waals surface area contributed by atoms with Crippen LogP contribution in [0.3, 0.4) is 0 Å². The second-order valence-electron chi connectivity index (χ2n) is 1.89. The molecule has 0 amide bonds. The molecule has 0 rings (SSSR count). The number of aliphatic hydroxyl groups is 3. The monoisotopic (exact) mass is 135 g/mol. The van der Waals surface area contributed by atoms with Gasteiger partial charge in [0.25, 0.3) is 0 Å². The molecule has 56 valence electrons. The molecule has 0 fully saturated rings. The van der Waals surface area contributed by atoms with Crippen LogP contribution in [0.5, 0.6) is 0 Å². The summed E-state index contributed by atoms with van der Waals surface area (Å²) in [4.78, 5) is 0. The second-order valence-corrected chi connectivity index (χ2v) is 1.89. The van der Waals surface area contributed by atoms with Crippen LogP contribution in [0, 0.1) is 0 Å². The molecule has 0 aliphatic rings. The van der Waals surface area contributed by atoms with Crippen LogP contribution in [-0.2, 0) is 0 Å². The van der Waals surface area contributed by atoms with E-state index in [0.717, 1.165) is 0 Å². The van der Waals surface area contributed by atoms with Crippen LogP contribution in [-0.4, -0.2) is 40.7 Å². The maximum Gasteiger partial charge on any atom is 0.103 e. The highest BCUT2D eigenvalue weighted by Gasteiger charge is 2.12. The van der Waals surface area contributed by atoms with Crippen molar-refractivity contribution in [3.05, 3.63) is 0 Å². The largest absolute Gasteiger partial charge is 0.394 e. The molecule has 0 bridgehead atoms. The molecular weight excluding hydrogens is 122 g/mol. The Hall–Kier alpha value is -0.160. The first kappa shape index (κ1) is 8.84. The molecule has 0 aromatic rings. The van der Waals surface area contributed by atoms with E-state index in [1.165, 1.54) is 0 Å². The molecule has 0 aromatic carbocycles. The third kappa shape index (κ3) is 3.42. The summed E-state index contributed by atoms with van der Waals surface area (Å²) in [6.45, 7) is -0.0978. The summed E-state index contributed by atoms with van der Waals surface area (Å²) in [5.74, 6) is 0. The van der Waals surface area contributed by atoms with Gasteiger partial charge in [-0.05, 0) is 13.0 Å². The van der Waals surface area contributed by atoms with E-state index >= 15 is 0 Å². The topological polar surface area (TPSA) is 86.7 Å². The Kier molecular flexibility index (Phi) is 4.61. The van der Waals surface area contributed by atoms with Crippen molar-refractivity contribution in [2.75, 3.05) is 13.2 Å². The Morgan fingerprint density at radius 2 is 1.78 bits per heavy atom. The van der Waals surface area contributed by atoms with Crippen molar-refractivity contribution in [3.63, 3.8) is 0 Å². The van der Waals surface area contributed by atoms with Crippen LogP contribution >= 0.6 is 0 Å². The Bertz CT molecular complexity index is 69.2. The highest BCUT2D eigenvalue weighted by atomic mass is 16.4. The average molecular weight is 135 g/mol. The quantitative estimate of drug-likeness (QED) is 0.361. The summed E-state index contributed by atoms with van der Waals surface area (Å²) in [7, 11) is 0. The fraction of sp³-hybridized carbons (Fsp3) is 1.00. The van der Waals surface area contributed by atoms with Crippen LogP contribution in [0.4, 0.5) is 0 Å². The van der Waals surface area contributed by atoms with Gasteiger partial charge in [-0.1, -0.05) is 0 Å². The van der Waals surface area contributed by atoms with Gasteiger partial charge in [0.05, 0.1) is 12.7 Å². The van der Waals surface area contributed by atoms with E-state index in [1.54, 1.807) is 0 Å². The molecule has 4 heteroatoms. The zero-order chi connectivity index (χ0) is 7.28. The van der Waals surface area contributed by atoms with Gasteiger partial charge in [0.2, 0.25) is 0 Å². The minimum absolute atomic E-state index is 0.318. The lowest BCUT2D eigenvalue weighted by atomic mass is 10.1. The minimum Gasteiger partial charge on any atom is -0.394 e. The molecule has 0 radical (unpaired) electrons. The van der Waals surface area contributed by atoms with Crippen LogP contribution in [0.15, 0.2) is 0 Å². The molecule has 4 nitrogen and oxygen atoms in total. The molecule has 9 heavy (non-hydrogen) atoms. The first-order chi connectivity index (χ1) is 4.22. The fourth-order valence-electron chi connectivity index (χ4n) is 0.485. The van der Waals surface area contributed by atoms with Gasteiger partial charge in [-0.25, -0.2) is 0 Å². The predicted molar refractivity (Wildman–Crippen MR) is 32.8 cm³/mol. The first-order valence-corrected chi connectivity index (χ1v) is 2.89. The van der Waals surface area contributed by atoms with Crippen LogP contribution in [0.2, 0.25) is 0 Å². The third-order valence-electron chi connectivity index (χ3n) is 1.09. The van der Waals surface area contributed by atoms with Crippen LogP contribution in [0.25, 0.3) is 0 Å². The maximum atomic E-state index is 8.83. The van der Waals surface area contributed by atoms with Crippen LogP contribution < -0.4 is 5.73 Å². The number of aliphatic hydroxyl groups excluding tert-OH is 3. The van der Waals surface area contributed by atoms with Gasteiger partial charge < -0.3 is 21.1 Å². The molecular formula is C5H13NO3. The normalized spacial score (nSPS) is 17.3. The molecule has 0 saturated carbocycles. The zero-order valence-electron chi connectivity index (χ0n) is 5.20. The average Bonchev–Trinajstić information content (AvgIpc) is 1.87. The highest BCUT2D eigenvalue weighted by Crippen LogP contribution is 1.95. The van der Waals surface area contributed by atoms with E-state index in [0.29, 0.717) is 13.0 Å². The summed E-state index contributed by atoms with van der Waals surface area (Å²) in [6.07, 6.45) is -1.62. The molecule has 0 saturated heterocycles. The van der Waals surface area contributed by atoms with E-state index < -0.39 is 18.8 Å². The number of nitrogens with two attached hydrogens (primary N) is 1. The van der Waals surface area contributed by atoms with Gasteiger partial charge in [-0.15, -0.1) is 0 Å². The van der Waals surface area contributed by atoms with Crippen molar-refractivity contribution in [1.29, 1.82) is 0 Å². The Balaban J connectivity index is 3.32. The van der Waals surface area contributed by atoms with Gasteiger partial charge >= 0.3 is 0 Å². The second kappa shape index (κ2) is 4.69. The summed E-state index contributed by atoms with van der Waals surface area (Å²) >= 11 is 0. The smallest absolute Gasteiger partial charge is 0.103 e. The highest BCUT2D eigenvalue weighted by molar-refractivity contribution is 4.65. The van der Waals surface area contributed by atoms with Crippen molar-refractivity contribution in [3.8, 4) is 0 Å². The van der Waals surface area contributed by atoms with Gasteiger partial charge in [-0.3, -0.25) is 0 Å². The van der Waals surface area contributed by atoms with E-state index in [9.17, 15) is 0 Å². The summed E-state index contributed by atoms with van der Waals surface area (Å²) in [6, 6.07) is 0. The third-order valence-corrected chi connectivity index (χ3v) is 1.09. The van der Waals surface area contributed by atoms with E-state index in [4.69, 9.17) is 21.1 Å². The van der Waals surface area contributed by atoms with Crippen molar-refractivity contribution < 1.29 is 15.3 Å². The SMILES string of the molecule is NCC[C@H](O)C(O)CO. The Morgan fingerprint density at radius 3 is 2.11 bits per heavy atom. The molecule has 0 heterocycles. The van der Waals surface area contributed by atoms with E-state index in [1.807, 2.05) is 0 Å². The lowest BCUT2D eigenvalue weighted by molar-refractivity contribution is -0.0162. The molecule has 0 aliphatic heterocycles. The van der Waals surface area contributed by atoms with Gasteiger partial charge in [0.15, 0.2) is 0 Å². The minimum atomic E-state index is -1.05. The molecule has 5 N–H and O–H groups in total. The Labute approximate surface area is 53.9 Å². The number of rotatable bonds is 4. The zero-order valence-corrected chi connectivity index (χ0v) is 5.20. The van der Waals surface area contributed by atoms with Gasteiger partial charge in [0, 0.05) is 0 Å². The van der Waals surface area contributed by atoms with Crippen molar-refractivity contribution in [2.24, 2.45) is 5.73 Å². The number of hydrogen-bond donors (Lipinski definition) is 4. The van der Waals surface area contributed by atoms with Gasteiger partial charge in [0.1, 0.15) is 6.10 Å². The fourth-order valence-corrected chi connectivity index (χ4v) is 0.485. The number of hydrogen-bond acceptors (Lipinski definition) is 4.